The predicted molar refractivity (Wildman–Crippen MR) is 110 cm³/mol. The van der Waals surface area contributed by atoms with Gasteiger partial charge in [-0.25, -0.2) is 0 Å². The average molecular weight is 377 g/mol. The van der Waals surface area contributed by atoms with Gasteiger partial charge in [0, 0.05) is 27.7 Å². The van der Waals surface area contributed by atoms with Crippen LogP contribution < -0.4 is 0 Å². The van der Waals surface area contributed by atoms with Crippen molar-refractivity contribution in [3.63, 3.8) is 0 Å². The Kier molecular flexibility index (Phi) is 3.86. The lowest BCUT2D eigenvalue weighted by Gasteiger charge is -2.53. The Hall–Kier alpha value is -2.33. The molecule has 1 heterocycles. The van der Waals surface area contributed by atoms with Crippen molar-refractivity contribution in [1.82, 2.24) is 4.98 Å². The highest BCUT2D eigenvalue weighted by molar-refractivity contribution is 6.07. The van der Waals surface area contributed by atoms with Gasteiger partial charge < -0.3 is 15.2 Å². The largest absolute Gasteiger partial charge is 0.481 e. The summed E-state index contributed by atoms with van der Waals surface area (Å²) in [4.78, 5) is 15.3. The number of carboxylic acids is 1. The van der Waals surface area contributed by atoms with Gasteiger partial charge >= 0.3 is 5.97 Å². The number of H-pyrrole nitrogens is 1. The molecule has 5 rings (SSSR count). The van der Waals surface area contributed by atoms with Crippen LogP contribution in [0.4, 0.5) is 0 Å². The molecule has 5 atom stereocenters. The minimum absolute atomic E-state index is 0.0895. The Labute approximate surface area is 164 Å². The number of aliphatic carboxylic acids is 1. The van der Waals surface area contributed by atoms with Crippen molar-refractivity contribution in [1.29, 1.82) is 0 Å². The zero-order chi connectivity index (χ0) is 19.6. The van der Waals surface area contributed by atoms with Crippen molar-refractivity contribution < 1.29 is 15.0 Å². The maximum atomic E-state index is 11.7. The topological polar surface area (TPSA) is 73.3 Å². The summed E-state index contributed by atoms with van der Waals surface area (Å²) in [5.41, 5.74) is 4.96. The molecule has 2 aliphatic rings. The van der Waals surface area contributed by atoms with Crippen LogP contribution in [-0.4, -0.2) is 27.3 Å². The number of fused-ring (bicyclic) bond motifs is 6. The molecule has 3 N–H and O–H groups in total. The van der Waals surface area contributed by atoms with Crippen LogP contribution in [0.1, 0.15) is 44.2 Å². The third kappa shape index (κ3) is 2.37. The van der Waals surface area contributed by atoms with Gasteiger partial charge in [0.25, 0.3) is 0 Å². The summed E-state index contributed by atoms with van der Waals surface area (Å²) in [5.74, 6) is -1.33. The van der Waals surface area contributed by atoms with Crippen molar-refractivity contribution in [3.8, 4) is 0 Å². The van der Waals surface area contributed by atoms with E-state index >= 15 is 0 Å². The molecular weight excluding hydrogens is 350 g/mol. The van der Waals surface area contributed by atoms with E-state index in [1.54, 1.807) is 6.92 Å². The van der Waals surface area contributed by atoms with E-state index in [-0.39, 0.29) is 17.3 Å². The first-order valence-corrected chi connectivity index (χ1v) is 10.3. The number of nitrogens with one attached hydrogen (secondary N) is 1. The quantitative estimate of drug-likeness (QED) is 0.609. The van der Waals surface area contributed by atoms with Crippen LogP contribution in [-0.2, 0) is 16.6 Å². The van der Waals surface area contributed by atoms with E-state index in [4.69, 9.17) is 0 Å². The molecule has 2 aromatic carbocycles. The molecule has 1 aromatic heterocycles. The van der Waals surface area contributed by atoms with E-state index in [1.165, 1.54) is 27.4 Å². The van der Waals surface area contributed by atoms with Gasteiger partial charge in [0.15, 0.2) is 0 Å². The van der Waals surface area contributed by atoms with E-state index in [0.717, 1.165) is 24.8 Å². The first kappa shape index (κ1) is 17.7. The van der Waals surface area contributed by atoms with E-state index < -0.39 is 18.0 Å². The number of aryl methyl sites for hydroxylation is 1. The van der Waals surface area contributed by atoms with Gasteiger partial charge in [0.1, 0.15) is 0 Å². The molecule has 1 fully saturated rings. The summed E-state index contributed by atoms with van der Waals surface area (Å²) in [6.07, 6.45) is 2.93. The fraction of sp³-hybridized carbons (Fsp3) is 0.458. The Morgan fingerprint density at radius 2 is 1.96 bits per heavy atom. The highest BCUT2D eigenvalue weighted by Crippen LogP contribution is 2.54. The summed E-state index contributed by atoms with van der Waals surface area (Å²) in [5, 5.41) is 22.8. The summed E-state index contributed by atoms with van der Waals surface area (Å²) >= 11 is 0. The number of para-hydroxylation sites is 1. The number of hydrogen-bond donors (Lipinski definition) is 3. The van der Waals surface area contributed by atoms with Gasteiger partial charge in [-0.05, 0) is 66.3 Å². The maximum absolute atomic E-state index is 11.7. The average Bonchev–Trinajstić information content (AvgIpc) is 3.04. The molecule has 3 aromatic rings. The summed E-state index contributed by atoms with van der Waals surface area (Å²) in [6, 6.07) is 13.0. The zero-order valence-corrected chi connectivity index (χ0v) is 16.4. The Balaban J connectivity index is 1.68. The number of aromatic amines is 1. The fourth-order valence-electron chi connectivity index (χ4n) is 6.20. The first-order valence-electron chi connectivity index (χ1n) is 10.3. The van der Waals surface area contributed by atoms with Gasteiger partial charge in [0.05, 0.1) is 12.0 Å². The monoisotopic (exact) mass is 377 g/mol. The normalized spacial score (nSPS) is 30.8. The maximum Gasteiger partial charge on any atom is 0.306 e. The van der Waals surface area contributed by atoms with E-state index in [1.807, 2.05) is 0 Å². The van der Waals surface area contributed by atoms with Gasteiger partial charge in [-0.15, -0.1) is 0 Å². The minimum atomic E-state index is -0.800. The van der Waals surface area contributed by atoms with Crippen LogP contribution in [0.5, 0.6) is 0 Å². The van der Waals surface area contributed by atoms with Gasteiger partial charge in [-0.2, -0.15) is 0 Å². The number of hydrogen-bond acceptors (Lipinski definition) is 2. The molecule has 0 aliphatic heterocycles. The molecule has 0 radical (unpaired) electrons. The third-order valence-corrected chi connectivity index (χ3v) is 7.72. The SMILES string of the molecule is CC(C(=O)O)C1C(O)CCC2(C)c3cc4c(cc3CCC12)[nH]c1ccccc14. The molecule has 0 spiro atoms. The molecule has 28 heavy (non-hydrogen) atoms. The van der Waals surface area contributed by atoms with Crippen LogP contribution in [0.2, 0.25) is 0 Å². The zero-order valence-electron chi connectivity index (χ0n) is 16.4. The summed E-state index contributed by atoms with van der Waals surface area (Å²) in [7, 11) is 0. The smallest absolute Gasteiger partial charge is 0.306 e. The summed E-state index contributed by atoms with van der Waals surface area (Å²) in [6.45, 7) is 4.06. The van der Waals surface area contributed by atoms with E-state index in [2.05, 4.69) is 48.3 Å². The standard InChI is InChI=1S/C24H27NO3/c1-13(23(27)28)22-17-8-7-14-11-20-16(15-5-3-4-6-19(15)25-20)12-18(14)24(17,2)10-9-21(22)26/h3-6,11-13,17,21-22,25-26H,7-10H2,1-2H3,(H,27,28). The lowest BCUT2D eigenvalue weighted by atomic mass is 9.52. The Morgan fingerprint density at radius 1 is 1.18 bits per heavy atom. The van der Waals surface area contributed by atoms with Crippen molar-refractivity contribution >= 4 is 27.8 Å². The second-order valence-electron chi connectivity index (χ2n) is 9.10. The molecule has 4 heteroatoms. The number of aliphatic hydroxyl groups is 1. The molecule has 2 aliphatic carbocycles. The second-order valence-corrected chi connectivity index (χ2v) is 9.10. The first-order chi connectivity index (χ1) is 13.4. The molecule has 0 bridgehead atoms. The van der Waals surface area contributed by atoms with Crippen LogP contribution >= 0.6 is 0 Å². The van der Waals surface area contributed by atoms with Crippen LogP contribution in [0.3, 0.4) is 0 Å². The predicted octanol–water partition coefficient (Wildman–Crippen LogP) is 4.63. The van der Waals surface area contributed by atoms with Gasteiger partial charge in [0.2, 0.25) is 0 Å². The highest BCUT2D eigenvalue weighted by atomic mass is 16.4. The van der Waals surface area contributed by atoms with Gasteiger partial charge in [-0.1, -0.05) is 32.0 Å². The van der Waals surface area contributed by atoms with Gasteiger partial charge in [-0.3, -0.25) is 4.79 Å². The molecular formula is C24H27NO3. The van der Waals surface area contributed by atoms with Crippen molar-refractivity contribution in [2.75, 3.05) is 0 Å². The minimum Gasteiger partial charge on any atom is -0.481 e. The lowest BCUT2D eigenvalue weighted by molar-refractivity contribution is -0.149. The van der Waals surface area contributed by atoms with E-state index in [0.29, 0.717) is 6.42 Å². The number of rotatable bonds is 2. The number of carboxylic acid groups (broad SMARTS) is 1. The van der Waals surface area contributed by atoms with Crippen molar-refractivity contribution in [2.45, 2.75) is 51.0 Å². The number of aromatic nitrogens is 1. The number of benzene rings is 2. The van der Waals surface area contributed by atoms with Crippen LogP contribution in [0.25, 0.3) is 21.8 Å². The molecule has 146 valence electrons. The van der Waals surface area contributed by atoms with E-state index in [9.17, 15) is 15.0 Å². The fourth-order valence-corrected chi connectivity index (χ4v) is 6.20. The van der Waals surface area contributed by atoms with Crippen molar-refractivity contribution in [2.24, 2.45) is 17.8 Å². The summed E-state index contributed by atoms with van der Waals surface area (Å²) < 4.78 is 0. The van der Waals surface area contributed by atoms with Crippen LogP contribution in [0, 0.1) is 17.8 Å². The molecule has 5 unspecified atom stereocenters. The number of aliphatic hydroxyl groups excluding tert-OH is 1. The number of carbonyl (C=O) groups is 1. The molecule has 0 amide bonds. The molecule has 4 nitrogen and oxygen atoms in total. The molecule has 0 saturated heterocycles. The Bertz CT molecular complexity index is 1080. The van der Waals surface area contributed by atoms with Crippen LogP contribution in [0.15, 0.2) is 36.4 Å². The third-order valence-electron chi connectivity index (χ3n) is 7.72. The lowest BCUT2D eigenvalue weighted by Crippen LogP contribution is -2.52. The highest BCUT2D eigenvalue weighted by Gasteiger charge is 2.52. The molecule has 1 saturated carbocycles. The second kappa shape index (κ2) is 6.08. The Morgan fingerprint density at radius 3 is 2.75 bits per heavy atom. The van der Waals surface area contributed by atoms with Crippen molar-refractivity contribution in [3.05, 3.63) is 47.5 Å².